The first kappa shape index (κ1) is 23.4. The maximum atomic E-state index is 13.1. The second kappa shape index (κ2) is 8.86. The largest absolute Gasteiger partial charge is 0.434 e. The molecule has 3 heterocycles. The van der Waals surface area contributed by atoms with Crippen molar-refractivity contribution in [1.29, 1.82) is 0 Å². The number of aromatic nitrogens is 4. The molecule has 0 aliphatic carbocycles. The summed E-state index contributed by atoms with van der Waals surface area (Å²) < 4.78 is 39.3. The summed E-state index contributed by atoms with van der Waals surface area (Å²) in [6.45, 7) is 3.75. The van der Waals surface area contributed by atoms with E-state index in [1.807, 2.05) is 19.9 Å². The van der Waals surface area contributed by atoms with Gasteiger partial charge in [-0.1, -0.05) is 17.7 Å². The number of carbonyl (C=O) groups excluding carboxylic acids is 1. The van der Waals surface area contributed by atoms with Gasteiger partial charge in [0, 0.05) is 41.8 Å². The van der Waals surface area contributed by atoms with Crippen LogP contribution in [0.5, 0.6) is 0 Å². The zero-order valence-corrected chi connectivity index (χ0v) is 19.0. The molecule has 0 unspecified atom stereocenters. The van der Waals surface area contributed by atoms with Gasteiger partial charge in [0.25, 0.3) is 5.91 Å². The number of nitrogens with one attached hydrogen (secondary N) is 2. The van der Waals surface area contributed by atoms with Crippen molar-refractivity contribution in [3.8, 4) is 11.1 Å². The number of nitrogens with zero attached hydrogens (tertiary/aromatic N) is 4. The van der Waals surface area contributed by atoms with Gasteiger partial charge < -0.3 is 10.6 Å². The van der Waals surface area contributed by atoms with Crippen molar-refractivity contribution in [3.05, 3.63) is 70.3 Å². The van der Waals surface area contributed by atoms with Gasteiger partial charge >= 0.3 is 6.18 Å². The molecule has 4 rings (SSSR count). The molecule has 0 saturated heterocycles. The topological polar surface area (TPSA) is 92.7 Å². The number of hydrogen-bond donors (Lipinski definition) is 2. The molecular formula is C23H18ClF3N6O. The Labute approximate surface area is 197 Å². The third-order valence-corrected chi connectivity index (χ3v) is 5.55. The molecule has 0 radical (unpaired) electrons. The van der Waals surface area contributed by atoms with Crippen LogP contribution in [0, 0.1) is 13.8 Å². The normalized spacial score (nSPS) is 11.5. The summed E-state index contributed by atoms with van der Waals surface area (Å²) >= 11 is 5.84. The van der Waals surface area contributed by atoms with E-state index in [1.54, 1.807) is 31.4 Å². The molecule has 4 aromatic rings. The smallest absolute Gasteiger partial charge is 0.357 e. The van der Waals surface area contributed by atoms with Crippen LogP contribution in [0.3, 0.4) is 0 Å². The fourth-order valence-corrected chi connectivity index (χ4v) is 3.76. The van der Waals surface area contributed by atoms with Crippen LogP contribution >= 0.6 is 11.6 Å². The van der Waals surface area contributed by atoms with Crippen molar-refractivity contribution in [2.75, 3.05) is 17.7 Å². The van der Waals surface area contributed by atoms with E-state index < -0.39 is 22.8 Å². The van der Waals surface area contributed by atoms with Gasteiger partial charge in [-0.15, -0.1) is 0 Å². The van der Waals surface area contributed by atoms with Crippen LogP contribution in [0.1, 0.15) is 27.3 Å². The van der Waals surface area contributed by atoms with Crippen molar-refractivity contribution >= 4 is 40.2 Å². The minimum Gasteiger partial charge on any atom is -0.357 e. The van der Waals surface area contributed by atoms with Gasteiger partial charge in [0.15, 0.2) is 11.3 Å². The van der Waals surface area contributed by atoms with E-state index >= 15 is 0 Å². The average molecular weight is 487 g/mol. The van der Waals surface area contributed by atoms with Crippen molar-refractivity contribution in [2.45, 2.75) is 20.0 Å². The maximum absolute atomic E-state index is 13.1. The second-order valence-corrected chi connectivity index (χ2v) is 7.86. The van der Waals surface area contributed by atoms with Crippen LogP contribution in [0.15, 0.2) is 42.7 Å². The molecule has 1 amide bonds. The van der Waals surface area contributed by atoms with E-state index in [4.69, 9.17) is 11.6 Å². The lowest BCUT2D eigenvalue weighted by Crippen LogP contribution is -2.16. The maximum Gasteiger partial charge on any atom is 0.434 e. The quantitative estimate of drug-likeness (QED) is 0.386. The predicted octanol–water partition coefficient (Wildman–Crippen LogP) is 5.67. The van der Waals surface area contributed by atoms with Crippen molar-refractivity contribution in [3.63, 3.8) is 0 Å². The summed E-state index contributed by atoms with van der Waals surface area (Å²) in [6, 6.07) is 8.22. The number of alkyl halides is 3. The van der Waals surface area contributed by atoms with Crippen LogP contribution < -0.4 is 10.6 Å². The second-order valence-electron chi connectivity index (χ2n) is 7.48. The summed E-state index contributed by atoms with van der Waals surface area (Å²) in [5, 5.41) is 5.46. The molecule has 0 atom stereocenters. The lowest BCUT2D eigenvalue weighted by atomic mass is 9.98. The van der Waals surface area contributed by atoms with E-state index in [-0.39, 0.29) is 5.56 Å². The van der Waals surface area contributed by atoms with E-state index in [2.05, 4.69) is 30.6 Å². The molecule has 3 aromatic heterocycles. The van der Waals surface area contributed by atoms with Gasteiger partial charge in [0.05, 0.1) is 10.6 Å². The highest BCUT2D eigenvalue weighted by Gasteiger charge is 2.36. The molecule has 11 heteroatoms. The number of hydrogen-bond acceptors (Lipinski definition) is 6. The summed E-state index contributed by atoms with van der Waals surface area (Å²) in [5.74, 6) is -0.328. The molecule has 1 aromatic carbocycles. The fraction of sp³-hybridized carbons (Fsp3) is 0.174. The van der Waals surface area contributed by atoms with Crippen LogP contribution in [-0.4, -0.2) is 32.9 Å². The van der Waals surface area contributed by atoms with Gasteiger partial charge in [0.1, 0.15) is 0 Å². The third kappa shape index (κ3) is 4.49. The zero-order valence-electron chi connectivity index (χ0n) is 18.3. The molecule has 2 N–H and O–H groups in total. The van der Waals surface area contributed by atoms with Crippen LogP contribution in [-0.2, 0) is 6.18 Å². The number of amides is 1. The molecule has 0 bridgehead atoms. The van der Waals surface area contributed by atoms with Crippen molar-refractivity contribution in [1.82, 2.24) is 19.9 Å². The first-order valence-electron chi connectivity index (χ1n) is 10.0. The Morgan fingerprint density at radius 3 is 2.50 bits per heavy atom. The Kier molecular flexibility index (Phi) is 6.09. The van der Waals surface area contributed by atoms with Gasteiger partial charge in [-0.05, 0) is 49.2 Å². The summed E-state index contributed by atoms with van der Waals surface area (Å²) in [4.78, 5) is 29.1. The highest BCUT2D eigenvalue weighted by atomic mass is 35.5. The molecule has 0 spiro atoms. The van der Waals surface area contributed by atoms with E-state index in [0.717, 1.165) is 34.3 Å². The number of benzene rings is 1. The Balaban J connectivity index is 1.70. The van der Waals surface area contributed by atoms with Crippen LogP contribution in [0.25, 0.3) is 22.2 Å². The number of carbonyl (C=O) groups is 1. The average Bonchev–Trinajstić information content (AvgIpc) is 2.79. The van der Waals surface area contributed by atoms with Crippen LogP contribution in [0.2, 0.25) is 5.02 Å². The van der Waals surface area contributed by atoms with Crippen molar-refractivity contribution in [2.24, 2.45) is 0 Å². The van der Waals surface area contributed by atoms with Gasteiger partial charge in [-0.2, -0.15) is 18.2 Å². The number of fused-ring (bicyclic) bond motifs is 1. The monoisotopic (exact) mass is 486 g/mol. The lowest BCUT2D eigenvalue weighted by Gasteiger charge is -2.14. The third-order valence-electron chi connectivity index (χ3n) is 5.17. The molecule has 0 saturated carbocycles. The Morgan fingerprint density at radius 2 is 1.79 bits per heavy atom. The van der Waals surface area contributed by atoms with Crippen LogP contribution in [0.4, 0.5) is 24.8 Å². The number of anilines is 2. The number of aryl methyl sites for hydroxylation is 2. The first-order valence-corrected chi connectivity index (χ1v) is 10.4. The van der Waals surface area contributed by atoms with E-state index in [0.29, 0.717) is 23.0 Å². The van der Waals surface area contributed by atoms with Crippen molar-refractivity contribution < 1.29 is 18.0 Å². The lowest BCUT2D eigenvalue weighted by molar-refractivity contribution is -0.141. The molecule has 0 fully saturated rings. The minimum atomic E-state index is -4.78. The summed E-state index contributed by atoms with van der Waals surface area (Å²) in [5.41, 5.74) is 2.51. The molecule has 0 aliphatic heterocycles. The zero-order chi connectivity index (χ0) is 24.6. The minimum absolute atomic E-state index is 0.327. The fourth-order valence-electron chi connectivity index (χ4n) is 3.45. The molecule has 7 nitrogen and oxygen atoms in total. The number of halogens is 4. The number of rotatable bonds is 4. The molecule has 0 aliphatic rings. The summed E-state index contributed by atoms with van der Waals surface area (Å²) in [7, 11) is 1.72. The molecule has 174 valence electrons. The number of pyridine rings is 2. The Bertz CT molecular complexity index is 1420. The van der Waals surface area contributed by atoms with Gasteiger partial charge in [0.2, 0.25) is 5.95 Å². The van der Waals surface area contributed by atoms with E-state index in [1.165, 1.54) is 0 Å². The standard InChI is InChI=1S/C23H18ClF3N6O/c1-11-4-5-14(32-21(34)15-6-7-29-19(18(15)24)23(25,26)27)9-16(11)17-8-13-10-30-22(28-3)33-20(13)31-12(17)2/h4-10H,1-3H3,(H,32,34)(H,28,30,31,33). The van der Waals surface area contributed by atoms with E-state index in [9.17, 15) is 18.0 Å². The SMILES string of the molecule is CNc1ncc2cc(-c3cc(NC(=O)c4ccnc(C(F)(F)F)c4Cl)ccc3C)c(C)nc2n1. The molecule has 34 heavy (non-hydrogen) atoms. The highest BCUT2D eigenvalue weighted by Crippen LogP contribution is 2.35. The predicted molar refractivity (Wildman–Crippen MR) is 124 cm³/mol. The Hall–Kier alpha value is -3.79. The first-order chi connectivity index (χ1) is 16.1. The van der Waals surface area contributed by atoms with Gasteiger partial charge in [-0.25, -0.2) is 9.97 Å². The molecular weight excluding hydrogens is 469 g/mol. The van der Waals surface area contributed by atoms with Gasteiger partial charge in [-0.3, -0.25) is 9.78 Å². The Morgan fingerprint density at radius 1 is 1.03 bits per heavy atom. The summed E-state index contributed by atoms with van der Waals surface area (Å²) in [6.07, 6.45) is -2.22. The highest BCUT2D eigenvalue weighted by molar-refractivity contribution is 6.35.